The van der Waals surface area contributed by atoms with Gasteiger partial charge in [-0.1, -0.05) is 26.7 Å². The number of thiocarbonyl (C=S) groups is 1. The van der Waals surface area contributed by atoms with Crippen LogP contribution < -0.4 is 15.4 Å². The standard InChI is InChI=1S/C22H31N3O5S/c1-3-5-6-14-29-17-9-7-16(8-10-17)20(27)24-22(31)25-12-11-23-21(28)18(25)15-19(26)30-13-4-2/h7-10,18H,3-6,11-15H2,1-2H3,(H,23,28)(H,24,27,31). The van der Waals surface area contributed by atoms with Crippen LogP contribution in [0.1, 0.15) is 56.3 Å². The van der Waals surface area contributed by atoms with E-state index in [1.165, 1.54) is 0 Å². The zero-order chi connectivity index (χ0) is 22.6. The minimum atomic E-state index is -0.815. The Bertz CT molecular complexity index is 769. The Kier molecular flexibility index (Phi) is 10.2. The van der Waals surface area contributed by atoms with Gasteiger partial charge in [-0.15, -0.1) is 0 Å². The van der Waals surface area contributed by atoms with E-state index in [2.05, 4.69) is 17.6 Å². The number of esters is 1. The highest BCUT2D eigenvalue weighted by molar-refractivity contribution is 7.80. The van der Waals surface area contributed by atoms with Gasteiger partial charge in [0.2, 0.25) is 5.91 Å². The molecule has 0 aromatic heterocycles. The maximum absolute atomic E-state index is 12.6. The summed E-state index contributed by atoms with van der Waals surface area (Å²) in [7, 11) is 0. The van der Waals surface area contributed by atoms with Crippen LogP contribution in [0.2, 0.25) is 0 Å². The fraction of sp³-hybridized carbons (Fsp3) is 0.545. The Morgan fingerprint density at radius 1 is 1.16 bits per heavy atom. The van der Waals surface area contributed by atoms with E-state index in [1.807, 2.05) is 6.92 Å². The minimum absolute atomic E-state index is 0.105. The first-order valence-electron chi connectivity index (χ1n) is 10.7. The van der Waals surface area contributed by atoms with Crippen molar-refractivity contribution in [3.05, 3.63) is 29.8 Å². The van der Waals surface area contributed by atoms with Gasteiger partial charge in [0.15, 0.2) is 5.11 Å². The number of carbonyl (C=O) groups is 3. The van der Waals surface area contributed by atoms with Crippen molar-refractivity contribution in [2.75, 3.05) is 26.3 Å². The first-order chi connectivity index (χ1) is 15.0. The number of rotatable bonds is 10. The van der Waals surface area contributed by atoms with E-state index in [-0.39, 0.29) is 23.3 Å². The summed E-state index contributed by atoms with van der Waals surface area (Å²) in [4.78, 5) is 38.5. The number of ether oxygens (including phenoxy) is 2. The van der Waals surface area contributed by atoms with Gasteiger partial charge in [-0.3, -0.25) is 19.7 Å². The third-order valence-corrected chi connectivity index (χ3v) is 5.11. The second-order valence-electron chi connectivity index (χ2n) is 7.26. The van der Waals surface area contributed by atoms with Crippen LogP contribution in [0.5, 0.6) is 5.75 Å². The Balaban J connectivity index is 1.94. The van der Waals surface area contributed by atoms with Gasteiger partial charge >= 0.3 is 5.97 Å². The number of hydrogen-bond acceptors (Lipinski definition) is 6. The van der Waals surface area contributed by atoms with Crippen LogP contribution in [0.4, 0.5) is 0 Å². The van der Waals surface area contributed by atoms with E-state index in [4.69, 9.17) is 21.7 Å². The predicted octanol–water partition coefficient (Wildman–Crippen LogP) is 2.41. The minimum Gasteiger partial charge on any atom is -0.494 e. The average molecular weight is 450 g/mol. The SMILES string of the molecule is CCCCCOc1ccc(C(=O)NC(=S)N2CCNC(=O)C2CC(=O)OCCC)cc1. The van der Waals surface area contributed by atoms with E-state index in [0.29, 0.717) is 44.0 Å². The summed E-state index contributed by atoms with van der Waals surface area (Å²) in [5, 5.41) is 5.48. The third-order valence-electron chi connectivity index (χ3n) is 4.77. The van der Waals surface area contributed by atoms with Crippen LogP contribution in [0.25, 0.3) is 0 Å². The van der Waals surface area contributed by atoms with Crippen molar-refractivity contribution in [1.82, 2.24) is 15.5 Å². The highest BCUT2D eigenvalue weighted by Crippen LogP contribution is 2.14. The van der Waals surface area contributed by atoms with Crippen molar-refractivity contribution in [2.24, 2.45) is 0 Å². The van der Waals surface area contributed by atoms with Gasteiger partial charge < -0.3 is 19.7 Å². The van der Waals surface area contributed by atoms with E-state index >= 15 is 0 Å². The van der Waals surface area contributed by atoms with Gasteiger partial charge in [0, 0.05) is 18.7 Å². The quantitative estimate of drug-likeness (QED) is 0.322. The van der Waals surface area contributed by atoms with Crippen molar-refractivity contribution in [2.45, 2.75) is 52.0 Å². The Hall–Kier alpha value is -2.68. The summed E-state index contributed by atoms with van der Waals surface area (Å²) in [6, 6.07) is 5.99. The fourth-order valence-electron chi connectivity index (χ4n) is 3.08. The second-order valence-corrected chi connectivity index (χ2v) is 7.65. The number of carbonyl (C=O) groups excluding carboxylic acids is 3. The van der Waals surface area contributed by atoms with Crippen LogP contribution in [-0.4, -0.2) is 60.1 Å². The van der Waals surface area contributed by atoms with Crippen molar-refractivity contribution in [1.29, 1.82) is 0 Å². The van der Waals surface area contributed by atoms with Crippen LogP contribution in [0, 0.1) is 0 Å². The molecule has 1 heterocycles. The van der Waals surface area contributed by atoms with Crippen molar-refractivity contribution < 1.29 is 23.9 Å². The zero-order valence-electron chi connectivity index (χ0n) is 18.1. The van der Waals surface area contributed by atoms with E-state index in [0.717, 1.165) is 19.3 Å². The maximum Gasteiger partial charge on any atom is 0.308 e. The maximum atomic E-state index is 12.6. The van der Waals surface area contributed by atoms with Crippen LogP contribution in [0.15, 0.2) is 24.3 Å². The summed E-state index contributed by atoms with van der Waals surface area (Å²) in [6.07, 6.45) is 3.80. The highest BCUT2D eigenvalue weighted by atomic mass is 32.1. The zero-order valence-corrected chi connectivity index (χ0v) is 19.0. The van der Waals surface area contributed by atoms with Crippen LogP contribution in [-0.2, 0) is 14.3 Å². The molecule has 31 heavy (non-hydrogen) atoms. The molecule has 1 atom stereocenters. The molecule has 8 nitrogen and oxygen atoms in total. The lowest BCUT2D eigenvalue weighted by Gasteiger charge is -2.36. The first kappa shape index (κ1) is 24.6. The predicted molar refractivity (Wildman–Crippen MR) is 121 cm³/mol. The summed E-state index contributed by atoms with van der Waals surface area (Å²) in [5.41, 5.74) is 0.420. The molecule has 9 heteroatoms. The molecule has 1 aromatic rings. The lowest BCUT2D eigenvalue weighted by molar-refractivity contribution is -0.147. The lowest BCUT2D eigenvalue weighted by atomic mass is 10.1. The van der Waals surface area contributed by atoms with Crippen molar-refractivity contribution in [3.63, 3.8) is 0 Å². The largest absolute Gasteiger partial charge is 0.494 e. The summed E-state index contributed by atoms with van der Waals surface area (Å²) >= 11 is 5.37. The summed E-state index contributed by atoms with van der Waals surface area (Å²) < 4.78 is 10.7. The normalized spacial score (nSPS) is 15.7. The van der Waals surface area contributed by atoms with E-state index in [1.54, 1.807) is 29.2 Å². The number of piperazine rings is 1. The smallest absolute Gasteiger partial charge is 0.308 e. The molecule has 0 radical (unpaired) electrons. The molecule has 2 rings (SSSR count). The molecular weight excluding hydrogens is 418 g/mol. The first-order valence-corrected chi connectivity index (χ1v) is 11.1. The molecule has 0 saturated carbocycles. The van der Waals surface area contributed by atoms with E-state index < -0.39 is 12.0 Å². The number of hydrogen-bond donors (Lipinski definition) is 2. The molecule has 1 aliphatic rings. The van der Waals surface area contributed by atoms with Crippen LogP contribution in [0.3, 0.4) is 0 Å². The molecule has 2 amide bonds. The Morgan fingerprint density at radius 3 is 2.58 bits per heavy atom. The third kappa shape index (κ3) is 7.82. The summed E-state index contributed by atoms with van der Waals surface area (Å²) in [5.74, 6) is -0.479. The van der Waals surface area contributed by atoms with Crippen molar-refractivity contribution in [3.8, 4) is 5.75 Å². The molecule has 1 fully saturated rings. The molecule has 0 aliphatic carbocycles. The topological polar surface area (TPSA) is 97.0 Å². The lowest BCUT2D eigenvalue weighted by Crippen LogP contribution is -2.60. The molecule has 0 spiro atoms. The van der Waals surface area contributed by atoms with Gasteiger partial charge in [-0.2, -0.15) is 0 Å². The fourth-order valence-corrected chi connectivity index (χ4v) is 3.39. The number of nitrogens with zero attached hydrogens (tertiary/aromatic N) is 1. The molecule has 1 unspecified atom stereocenters. The Morgan fingerprint density at radius 2 is 1.90 bits per heavy atom. The number of amides is 2. The van der Waals surface area contributed by atoms with Gasteiger partial charge in [0.05, 0.1) is 19.6 Å². The van der Waals surface area contributed by atoms with E-state index in [9.17, 15) is 14.4 Å². The van der Waals surface area contributed by atoms with Gasteiger partial charge in [-0.25, -0.2) is 0 Å². The van der Waals surface area contributed by atoms with Crippen LogP contribution >= 0.6 is 12.2 Å². The molecule has 1 aromatic carbocycles. The molecule has 170 valence electrons. The molecular formula is C22H31N3O5S. The highest BCUT2D eigenvalue weighted by Gasteiger charge is 2.34. The second kappa shape index (κ2) is 12.9. The molecule has 1 saturated heterocycles. The number of unbranched alkanes of at least 4 members (excludes halogenated alkanes) is 2. The van der Waals surface area contributed by atoms with Gasteiger partial charge in [0.1, 0.15) is 11.8 Å². The van der Waals surface area contributed by atoms with Gasteiger partial charge in [-0.05, 0) is 49.3 Å². The monoisotopic (exact) mass is 449 g/mol. The molecule has 0 bridgehead atoms. The Labute approximate surface area is 188 Å². The molecule has 1 aliphatic heterocycles. The van der Waals surface area contributed by atoms with Crippen molar-refractivity contribution >= 4 is 35.1 Å². The number of benzene rings is 1. The molecule has 2 N–H and O–H groups in total. The number of nitrogens with one attached hydrogen (secondary N) is 2. The summed E-state index contributed by atoms with van der Waals surface area (Å²) in [6.45, 7) is 5.73. The average Bonchev–Trinajstić information content (AvgIpc) is 2.77. The van der Waals surface area contributed by atoms with Gasteiger partial charge in [0.25, 0.3) is 5.91 Å².